The van der Waals surface area contributed by atoms with E-state index < -0.39 is 5.82 Å². The SMILES string of the molecule is NC(=S)c1ccc(Nc2ccc(I)cc2Cl)cc1F. The molecule has 0 spiro atoms. The normalized spacial score (nSPS) is 10.3. The van der Waals surface area contributed by atoms with Crippen molar-refractivity contribution in [1.29, 1.82) is 0 Å². The molecule has 0 amide bonds. The van der Waals surface area contributed by atoms with E-state index in [9.17, 15) is 4.39 Å². The van der Waals surface area contributed by atoms with Gasteiger partial charge in [-0.2, -0.15) is 0 Å². The van der Waals surface area contributed by atoms with Gasteiger partial charge in [-0.1, -0.05) is 23.8 Å². The third-order valence-corrected chi connectivity index (χ3v) is 3.65. The Morgan fingerprint density at radius 2 is 2.00 bits per heavy atom. The second-order valence-electron chi connectivity index (χ2n) is 3.81. The van der Waals surface area contributed by atoms with Gasteiger partial charge in [-0.3, -0.25) is 0 Å². The average molecular weight is 407 g/mol. The molecule has 0 atom stereocenters. The zero-order chi connectivity index (χ0) is 14.0. The number of rotatable bonds is 3. The van der Waals surface area contributed by atoms with Gasteiger partial charge < -0.3 is 11.1 Å². The Balaban J connectivity index is 2.29. The van der Waals surface area contributed by atoms with E-state index in [0.29, 0.717) is 16.4 Å². The first-order valence-electron chi connectivity index (χ1n) is 5.29. The molecule has 0 heterocycles. The molecule has 0 aromatic heterocycles. The summed E-state index contributed by atoms with van der Waals surface area (Å²) in [5.74, 6) is -0.459. The number of benzene rings is 2. The standard InChI is InChI=1S/C13H9ClFIN2S/c14-10-5-7(16)1-4-12(10)18-8-2-3-9(13(17)19)11(15)6-8/h1-6,18H,(H2,17,19). The van der Waals surface area contributed by atoms with Crippen LogP contribution in [0.4, 0.5) is 15.8 Å². The maximum Gasteiger partial charge on any atom is 0.135 e. The van der Waals surface area contributed by atoms with Crippen molar-refractivity contribution in [1.82, 2.24) is 0 Å². The van der Waals surface area contributed by atoms with Gasteiger partial charge in [0.25, 0.3) is 0 Å². The summed E-state index contributed by atoms with van der Waals surface area (Å²) in [5, 5.41) is 3.62. The highest BCUT2D eigenvalue weighted by Crippen LogP contribution is 2.27. The van der Waals surface area contributed by atoms with E-state index in [1.165, 1.54) is 6.07 Å². The van der Waals surface area contributed by atoms with Crippen molar-refractivity contribution < 1.29 is 4.39 Å². The molecular formula is C13H9ClFIN2S. The highest BCUT2D eigenvalue weighted by molar-refractivity contribution is 14.1. The number of hydrogen-bond acceptors (Lipinski definition) is 2. The first kappa shape index (κ1) is 14.5. The summed E-state index contributed by atoms with van der Waals surface area (Å²) in [5.41, 5.74) is 6.93. The Morgan fingerprint density at radius 3 is 2.58 bits per heavy atom. The van der Waals surface area contributed by atoms with Gasteiger partial charge in [-0.05, 0) is 59.0 Å². The van der Waals surface area contributed by atoms with Crippen LogP contribution in [-0.2, 0) is 0 Å². The van der Waals surface area contributed by atoms with Crippen LogP contribution in [0.15, 0.2) is 36.4 Å². The lowest BCUT2D eigenvalue weighted by Gasteiger charge is -2.10. The van der Waals surface area contributed by atoms with Crippen molar-refractivity contribution in [2.45, 2.75) is 0 Å². The molecule has 2 aromatic carbocycles. The topological polar surface area (TPSA) is 38.0 Å². The van der Waals surface area contributed by atoms with E-state index in [0.717, 1.165) is 3.57 Å². The molecule has 0 aliphatic heterocycles. The number of hydrogen-bond donors (Lipinski definition) is 2. The van der Waals surface area contributed by atoms with Crippen LogP contribution >= 0.6 is 46.4 Å². The third-order valence-electron chi connectivity index (χ3n) is 2.44. The van der Waals surface area contributed by atoms with E-state index in [-0.39, 0.29) is 10.6 Å². The molecule has 6 heteroatoms. The summed E-state index contributed by atoms with van der Waals surface area (Å²) < 4.78 is 14.8. The Kier molecular flexibility index (Phi) is 4.59. The fourth-order valence-corrected chi connectivity index (χ4v) is 2.61. The zero-order valence-electron chi connectivity index (χ0n) is 9.58. The van der Waals surface area contributed by atoms with E-state index >= 15 is 0 Å². The molecule has 0 fully saturated rings. The fraction of sp³-hybridized carbons (Fsp3) is 0. The smallest absolute Gasteiger partial charge is 0.135 e. The molecule has 0 saturated carbocycles. The Labute approximate surface area is 134 Å². The summed E-state index contributed by atoms with van der Waals surface area (Å²) >= 11 is 13.0. The van der Waals surface area contributed by atoms with Gasteiger partial charge in [0, 0.05) is 14.8 Å². The van der Waals surface area contributed by atoms with Crippen molar-refractivity contribution in [2.75, 3.05) is 5.32 Å². The van der Waals surface area contributed by atoms with Crippen LogP contribution in [0.25, 0.3) is 0 Å². The molecule has 0 unspecified atom stereocenters. The molecule has 3 N–H and O–H groups in total. The van der Waals surface area contributed by atoms with Crippen LogP contribution < -0.4 is 11.1 Å². The van der Waals surface area contributed by atoms with Crippen LogP contribution in [0.3, 0.4) is 0 Å². The van der Waals surface area contributed by atoms with Gasteiger partial charge in [0.05, 0.1) is 10.7 Å². The number of nitrogens with two attached hydrogens (primary N) is 1. The number of anilines is 2. The summed E-state index contributed by atoms with van der Waals surface area (Å²) in [7, 11) is 0. The lowest BCUT2D eigenvalue weighted by atomic mass is 10.2. The minimum Gasteiger partial charge on any atom is -0.389 e. The number of nitrogens with one attached hydrogen (secondary N) is 1. The van der Waals surface area contributed by atoms with Crippen molar-refractivity contribution >= 4 is 62.8 Å². The van der Waals surface area contributed by atoms with Crippen LogP contribution in [0.2, 0.25) is 5.02 Å². The fourth-order valence-electron chi connectivity index (χ4n) is 1.54. The highest BCUT2D eigenvalue weighted by atomic mass is 127. The molecule has 0 radical (unpaired) electrons. The van der Waals surface area contributed by atoms with Gasteiger partial charge in [0.2, 0.25) is 0 Å². The van der Waals surface area contributed by atoms with Crippen LogP contribution in [0.5, 0.6) is 0 Å². The average Bonchev–Trinajstić information content (AvgIpc) is 2.32. The molecule has 2 rings (SSSR count). The van der Waals surface area contributed by atoms with Gasteiger partial charge in [-0.15, -0.1) is 0 Å². The highest BCUT2D eigenvalue weighted by Gasteiger charge is 2.07. The predicted molar refractivity (Wildman–Crippen MR) is 89.7 cm³/mol. The Hall–Kier alpha value is -0.920. The van der Waals surface area contributed by atoms with Crippen molar-refractivity contribution in [3.63, 3.8) is 0 Å². The van der Waals surface area contributed by atoms with Crippen molar-refractivity contribution in [2.24, 2.45) is 5.73 Å². The monoisotopic (exact) mass is 406 g/mol. The molecule has 0 aliphatic carbocycles. The summed E-state index contributed by atoms with van der Waals surface area (Å²) in [6.45, 7) is 0. The number of halogens is 3. The molecule has 0 aliphatic rings. The maximum absolute atomic E-state index is 13.7. The van der Waals surface area contributed by atoms with Crippen LogP contribution in [0, 0.1) is 9.39 Å². The molecule has 2 aromatic rings. The first-order chi connectivity index (χ1) is 8.97. The molecule has 2 nitrogen and oxygen atoms in total. The van der Waals surface area contributed by atoms with Gasteiger partial charge >= 0.3 is 0 Å². The second-order valence-corrected chi connectivity index (χ2v) is 5.90. The summed E-state index contributed by atoms with van der Waals surface area (Å²) in [6, 6.07) is 10.2. The minimum atomic E-state index is -0.459. The maximum atomic E-state index is 13.7. The molecule has 0 saturated heterocycles. The minimum absolute atomic E-state index is 0.0383. The quantitative estimate of drug-likeness (QED) is 0.584. The van der Waals surface area contributed by atoms with E-state index in [2.05, 4.69) is 27.9 Å². The van der Waals surface area contributed by atoms with E-state index in [4.69, 9.17) is 29.6 Å². The van der Waals surface area contributed by atoms with Crippen molar-refractivity contribution in [3.05, 3.63) is 56.4 Å². The predicted octanol–water partition coefficient (Wildman–Crippen LogP) is 4.46. The van der Waals surface area contributed by atoms with Crippen molar-refractivity contribution in [3.8, 4) is 0 Å². The third kappa shape index (κ3) is 3.55. The summed E-state index contributed by atoms with van der Waals surface area (Å²) in [4.78, 5) is 0.0383. The van der Waals surface area contributed by atoms with Gasteiger partial charge in [0.15, 0.2) is 0 Å². The second kappa shape index (κ2) is 6.02. The zero-order valence-corrected chi connectivity index (χ0v) is 13.3. The molecular weight excluding hydrogens is 398 g/mol. The van der Waals surface area contributed by atoms with Crippen LogP contribution in [0.1, 0.15) is 5.56 Å². The molecule has 19 heavy (non-hydrogen) atoms. The lowest BCUT2D eigenvalue weighted by molar-refractivity contribution is 0.626. The van der Waals surface area contributed by atoms with E-state index in [1.54, 1.807) is 12.1 Å². The summed E-state index contributed by atoms with van der Waals surface area (Å²) in [6.07, 6.45) is 0. The van der Waals surface area contributed by atoms with Gasteiger partial charge in [-0.25, -0.2) is 4.39 Å². The molecule has 0 bridgehead atoms. The van der Waals surface area contributed by atoms with E-state index in [1.807, 2.05) is 18.2 Å². The largest absolute Gasteiger partial charge is 0.389 e. The number of thiocarbonyl (C=S) groups is 1. The lowest BCUT2D eigenvalue weighted by Crippen LogP contribution is -2.11. The van der Waals surface area contributed by atoms with Crippen LogP contribution in [-0.4, -0.2) is 4.99 Å². The molecule has 98 valence electrons. The Bertz CT molecular complexity index is 649. The van der Waals surface area contributed by atoms with Gasteiger partial charge in [0.1, 0.15) is 10.8 Å². The first-order valence-corrected chi connectivity index (χ1v) is 7.15. The Morgan fingerprint density at radius 1 is 1.26 bits per heavy atom.